The standard InChI is InChI=1S/C26H30FN3O5/c1-16-8-7-9-17(12-16)19(14-24(32)33)28-25(34)20-13-23(35-15-22(31)26(2,3)4)30(29-20)21-11-6-5-10-18(21)27/h5-13,19,22,31H,14-15H2,1-4H3,(H,28,34)(H,32,33)/t19-,22+/m0/s1. The number of aryl methyl sites for hydroxylation is 1. The Labute approximate surface area is 203 Å². The molecule has 0 spiro atoms. The number of ether oxygens (including phenoxy) is 1. The van der Waals surface area contributed by atoms with E-state index in [1.165, 1.54) is 24.3 Å². The van der Waals surface area contributed by atoms with Crippen LogP contribution in [-0.4, -0.2) is 44.6 Å². The van der Waals surface area contributed by atoms with Gasteiger partial charge in [-0.2, -0.15) is 9.78 Å². The fourth-order valence-corrected chi connectivity index (χ4v) is 3.33. The lowest BCUT2D eigenvalue weighted by Gasteiger charge is -2.25. The van der Waals surface area contributed by atoms with Crippen LogP contribution >= 0.6 is 0 Å². The van der Waals surface area contributed by atoms with Gasteiger partial charge in [0.25, 0.3) is 5.91 Å². The number of hydrogen-bond donors (Lipinski definition) is 3. The van der Waals surface area contributed by atoms with E-state index in [0.717, 1.165) is 10.2 Å². The molecule has 0 aliphatic heterocycles. The van der Waals surface area contributed by atoms with E-state index in [9.17, 15) is 24.2 Å². The first-order chi connectivity index (χ1) is 16.5. The minimum Gasteiger partial charge on any atom is -0.481 e. The van der Waals surface area contributed by atoms with Crippen LogP contribution in [0.5, 0.6) is 5.88 Å². The highest BCUT2D eigenvalue weighted by Crippen LogP contribution is 2.25. The maximum absolute atomic E-state index is 14.5. The van der Waals surface area contributed by atoms with Gasteiger partial charge >= 0.3 is 5.97 Å². The summed E-state index contributed by atoms with van der Waals surface area (Å²) in [7, 11) is 0. The molecule has 0 radical (unpaired) electrons. The number of nitrogens with one attached hydrogen (secondary N) is 1. The number of aromatic nitrogens is 2. The zero-order chi connectivity index (χ0) is 25.8. The van der Waals surface area contributed by atoms with Crippen LogP contribution in [0.4, 0.5) is 4.39 Å². The number of nitrogens with zero attached hydrogens (tertiary/aromatic N) is 2. The van der Waals surface area contributed by atoms with Crippen molar-refractivity contribution >= 4 is 11.9 Å². The fourth-order valence-electron chi connectivity index (χ4n) is 3.33. The second-order valence-electron chi connectivity index (χ2n) is 9.46. The zero-order valence-corrected chi connectivity index (χ0v) is 20.2. The van der Waals surface area contributed by atoms with E-state index in [1.807, 2.05) is 33.8 Å². The van der Waals surface area contributed by atoms with Gasteiger partial charge in [0.15, 0.2) is 5.69 Å². The Balaban J connectivity index is 1.93. The number of aliphatic hydroxyl groups is 1. The third-order valence-corrected chi connectivity index (χ3v) is 5.51. The minimum absolute atomic E-state index is 0.0626. The van der Waals surface area contributed by atoms with Crippen LogP contribution in [-0.2, 0) is 4.79 Å². The Bertz CT molecular complexity index is 1200. The zero-order valence-electron chi connectivity index (χ0n) is 20.2. The van der Waals surface area contributed by atoms with Crippen molar-refractivity contribution in [3.8, 4) is 11.6 Å². The number of aliphatic hydroxyl groups excluding tert-OH is 1. The second-order valence-corrected chi connectivity index (χ2v) is 9.46. The highest BCUT2D eigenvalue weighted by Gasteiger charge is 2.26. The first-order valence-corrected chi connectivity index (χ1v) is 11.2. The molecule has 1 heterocycles. The van der Waals surface area contributed by atoms with Gasteiger partial charge in [0.1, 0.15) is 18.1 Å². The van der Waals surface area contributed by atoms with E-state index in [4.69, 9.17) is 4.74 Å². The number of hydrogen-bond acceptors (Lipinski definition) is 5. The van der Waals surface area contributed by atoms with Crippen molar-refractivity contribution in [2.24, 2.45) is 5.41 Å². The normalized spacial score (nSPS) is 13.2. The van der Waals surface area contributed by atoms with Gasteiger partial charge in [0.2, 0.25) is 5.88 Å². The number of amides is 1. The molecule has 0 unspecified atom stereocenters. The SMILES string of the molecule is Cc1cccc([C@H](CC(=O)O)NC(=O)c2cc(OC[C@@H](O)C(C)(C)C)n(-c3ccccc3F)n2)c1. The van der Waals surface area contributed by atoms with Crippen LogP contribution in [0.1, 0.15) is 54.8 Å². The number of aliphatic carboxylic acids is 1. The van der Waals surface area contributed by atoms with Gasteiger partial charge in [-0.1, -0.05) is 62.7 Å². The van der Waals surface area contributed by atoms with Crippen molar-refractivity contribution in [1.82, 2.24) is 15.1 Å². The van der Waals surface area contributed by atoms with Gasteiger partial charge in [0.05, 0.1) is 18.6 Å². The maximum Gasteiger partial charge on any atom is 0.305 e. The summed E-state index contributed by atoms with van der Waals surface area (Å²) in [6.45, 7) is 7.32. The van der Waals surface area contributed by atoms with Gasteiger partial charge in [0, 0.05) is 6.07 Å². The van der Waals surface area contributed by atoms with Crippen LogP contribution in [0, 0.1) is 18.2 Å². The molecule has 0 aliphatic carbocycles. The number of benzene rings is 2. The number of carboxylic acids is 1. The Morgan fingerprint density at radius 1 is 1.14 bits per heavy atom. The topological polar surface area (TPSA) is 114 Å². The molecule has 0 bridgehead atoms. The lowest BCUT2D eigenvalue weighted by molar-refractivity contribution is -0.137. The van der Waals surface area contributed by atoms with Gasteiger partial charge < -0.3 is 20.3 Å². The van der Waals surface area contributed by atoms with Crippen LogP contribution in [0.2, 0.25) is 0 Å². The molecule has 1 aromatic heterocycles. The third kappa shape index (κ3) is 6.66. The van der Waals surface area contributed by atoms with Crippen LogP contribution in [0.3, 0.4) is 0 Å². The van der Waals surface area contributed by atoms with Crippen LogP contribution in [0.25, 0.3) is 5.69 Å². The Morgan fingerprint density at radius 2 is 1.86 bits per heavy atom. The maximum atomic E-state index is 14.5. The summed E-state index contributed by atoms with van der Waals surface area (Å²) in [4.78, 5) is 24.5. The van der Waals surface area contributed by atoms with E-state index in [0.29, 0.717) is 5.56 Å². The minimum atomic E-state index is -1.08. The highest BCUT2D eigenvalue weighted by molar-refractivity contribution is 5.93. The summed E-state index contributed by atoms with van der Waals surface area (Å²) in [6.07, 6.45) is -1.16. The lowest BCUT2D eigenvalue weighted by atomic mass is 9.90. The monoisotopic (exact) mass is 483 g/mol. The molecule has 0 aliphatic rings. The van der Waals surface area contributed by atoms with Crippen molar-refractivity contribution in [3.05, 3.63) is 77.2 Å². The number of carbonyl (C=O) groups is 2. The number of halogens is 1. The first kappa shape index (κ1) is 25.9. The van der Waals surface area contributed by atoms with Crippen LogP contribution < -0.4 is 10.1 Å². The van der Waals surface area contributed by atoms with Gasteiger partial charge in [-0.3, -0.25) is 9.59 Å². The molecule has 8 nitrogen and oxygen atoms in total. The molecule has 0 fully saturated rings. The van der Waals surface area contributed by atoms with E-state index in [2.05, 4.69) is 10.4 Å². The number of rotatable bonds is 9. The van der Waals surface area contributed by atoms with E-state index >= 15 is 0 Å². The van der Waals surface area contributed by atoms with Crippen molar-refractivity contribution < 1.29 is 28.9 Å². The Hall–Kier alpha value is -3.72. The van der Waals surface area contributed by atoms with Gasteiger partial charge in [-0.05, 0) is 30.0 Å². The lowest BCUT2D eigenvalue weighted by Crippen LogP contribution is -2.32. The predicted molar refractivity (Wildman–Crippen MR) is 128 cm³/mol. The molecular weight excluding hydrogens is 453 g/mol. The Morgan fingerprint density at radius 3 is 2.49 bits per heavy atom. The van der Waals surface area contributed by atoms with E-state index in [-0.39, 0.29) is 30.3 Å². The summed E-state index contributed by atoms with van der Waals surface area (Å²) in [5.74, 6) is -2.23. The van der Waals surface area contributed by atoms with Crippen molar-refractivity contribution in [2.45, 2.75) is 46.3 Å². The average Bonchev–Trinajstić information content (AvgIpc) is 3.20. The highest BCUT2D eigenvalue weighted by atomic mass is 19.1. The molecule has 2 aromatic carbocycles. The first-order valence-electron chi connectivity index (χ1n) is 11.2. The van der Waals surface area contributed by atoms with Gasteiger partial charge in [-0.25, -0.2) is 4.39 Å². The molecule has 1 amide bonds. The quantitative estimate of drug-likeness (QED) is 0.423. The largest absolute Gasteiger partial charge is 0.481 e. The molecule has 3 aromatic rings. The summed E-state index contributed by atoms with van der Waals surface area (Å²) in [6, 6.07) is 13.6. The number of carbonyl (C=O) groups excluding carboxylic acids is 1. The van der Waals surface area contributed by atoms with Crippen molar-refractivity contribution in [2.75, 3.05) is 6.61 Å². The molecule has 3 N–H and O–H groups in total. The summed E-state index contributed by atoms with van der Waals surface area (Å²) in [5.41, 5.74) is 1.08. The Kier molecular flexibility index (Phi) is 7.91. The number of para-hydroxylation sites is 1. The molecule has 0 saturated heterocycles. The summed E-state index contributed by atoms with van der Waals surface area (Å²) < 4.78 is 21.4. The summed E-state index contributed by atoms with van der Waals surface area (Å²) in [5, 5.41) is 26.7. The molecule has 3 rings (SSSR count). The van der Waals surface area contributed by atoms with Gasteiger partial charge in [-0.15, -0.1) is 0 Å². The third-order valence-electron chi connectivity index (χ3n) is 5.51. The van der Waals surface area contributed by atoms with Crippen molar-refractivity contribution in [3.63, 3.8) is 0 Å². The second kappa shape index (κ2) is 10.7. The molecule has 9 heteroatoms. The van der Waals surface area contributed by atoms with E-state index in [1.54, 1.807) is 24.3 Å². The fraction of sp³-hybridized carbons (Fsp3) is 0.346. The van der Waals surface area contributed by atoms with Crippen molar-refractivity contribution in [1.29, 1.82) is 0 Å². The number of carboxylic acid groups (broad SMARTS) is 1. The average molecular weight is 484 g/mol. The van der Waals surface area contributed by atoms with E-state index < -0.39 is 35.3 Å². The molecule has 2 atom stereocenters. The predicted octanol–water partition coefficient (Wildman–Crippen LogP) is 4.05. The molecule has 35 heavy (non-hydrogen) atoms. The smallest absolute Gasteiger partial charge is 0.305 e. The molecule has 186 valence electrons. The summed E-state index contributed by atoms with van der Waals surface area (Å²) >= 11 is 0. The van der Waals surface area contributed by atoms with Crippen LogP contribution in [0.15, 0.2) is 54.6 Å². The molecular formula is C26H30FN3O5. The molecule has 0 saturated carbocycles.